The SMILES string of the molecule is Cc1oc2c(c1CC(=O)N=c1scc(-c3ccc(OC(F)(F)F)c(Cl)c3)n1CCC(C)(C)C(=O)O)c(=O)n(C)c(=O)n2C. The molecule has 16 heteroatoms. The molecule has 0 spiro atoms. The Morgan fingerprint density at radius 2 is 1.84 bits per heavy atom. The second-order valence-electron chi connectivity index (χ2n) is 10.4. The Bertz CT molecular complexity index is 1950. The number of carboxylic acids is 1. The zero-order valence-electron chi connectivity index (χ0n) is 23.5. The molecule has 0 fully saturated rings. The number of aromatic nitrogens is 3. The highest BCUT2D eigenvalue weighted by Gasteiger charge is 2.32. The quantitative estimate of drug-likeness (QED) is 0.301. The molecule has 0 saturated carbocycles. The molecule has 1 N–H and O–H groups in total. The first-order chi connectivity index (χ1) is 19.9. The van der Waals surface area contributed by atoms with E-state index in [1.807, 2.05) is 0 Å². The van der Waals surface area contributed by atoms with E-state index >= 15 is 0 Å². The summed E-state index contributed by atoms with van der Waals surface area (Å²) in [6, 6.07) is 3.66. The minimum Gasteiger partial charge on any atom is -0.481 e. The van der Waals surface area contributed by atoms with Crippen LogP contribution in [0.2, 0.25) is 5.02 Å². The average molecular weight is 643 g/mol. The van der Waals surface area contributed by atoms with Gasteiger partial charge in [0.05, 0.1) is 22.6 Å². The fourth-order valence-corrected chi connectivity index (χ4v) is 5.50. The van der Waals surface area contributed by atoms with E-state index in [2.05, 4.69) is 9.73 Å². The van der Waals surface area contributed by atoms with Crippen molar-refractivity contribution in [3.63, 3.8) is 0 Å². The number of carbonyl (C=O) groups excluding carboxylic acids is 1. The number of fused-ring (bicyclic) bond motifs is 1. The number of amides is 1. The number of halogens is 4. The summed E-state index contributed by atoms with van der Waals surface area (Å²) >= 11 is 7.11. The first-order valence-electron chi connectivity index (χ1n) is 12.6. The minimum atomic E-state index is -4.94. The van der Waals surface area contributed by atoms with E-state index in [0.717, 1.165) is 26.5 Å². The number of hydrogen-bond acceptors (Lipinski definition) is 7. The second kappa shape index (κ2) is 11.5. The Balaban J connectivity index is 1.78. The van der Waals surface area contributed by atoms with Gasteiger partial charge in [0.2, 0.25) is 5.71 Å². The lowest BCUT2D eigenvalue weighted by molar-refractivity contribution is -0.274. The van der Waals surface area contributed by atoms with Crippen molar-refractivity contribution in [3.05, 3.63) is 65.6 Å². The number of carbonyl (C=O) groups is 2. The van der Waals surface area contributed by atoms with Crippen LogP contribution < -0.4 is 20.8 Å². The molecule has 0 radical (unpaired) electrons. The van der Waals surface area contributed by atoms with E-state index in [0.29, 0.717) is 11.3 Å². The molecule has 3 aromatic heterocycles. The van der Waals surface area contributed by atoms with Crippen molar-refractivity contribution in [3.8, 4) is 17.0 Å². The van der Waals surface area contributed by atoms with Crippen molar-refractivity contribution < 1.29 is 37.0 Å². The molecular formula is C27H26ClF3N4O7S. The number of thiazole rings is 1. The predicted molar refractivity (Wildman–Crippen MR) is 151 cm³/mol. The molecule has 11 nitrogen and oxygen atoms in total. The van der Waals surface area contributed by atoms with E-state index in [1.165, 1.54) is 40.1 Å². The summed E-state index contributed by atoms with van der Waals surface area (Å²) in [6.45, 7) is 4.70. The number of alkyl halides is 3. The molecule has 1 amide bonds. The number of aryl methyl sites for hydroxylation is 2. The molecule has 3 heterocycles. The summed E-state index contributed by atoms with van der Waals surface area (Å²) in [4.78, 5) is 54.5. The highest BCUT2D eigenvalue weighted by atomic mass is 35.5. The molecule has 0 aliphatic heterocycles. The number of benzene rings is 1. The number of ether oxygens (including phenoxy) is 1. The van der Waals surface area contributed by atoms with Gasteiger partial charge >= 0.3 is 18.0 Å². The lowest BCUT2D eigenvalue weighted by atomic mass is 9.89. The molecule has 230 valence electrons. The maximum atomic E-state index is 13.2. The van der Waals surface area contributed by atoms with E-state index in [-0.39, 0.29) is 51.6 Å². The van der Waals surface area contributed by atoms with Gasteiger partial charge in [-0.3, -0.25) is 23.5 Å². The van der Waals surface area contributed by atoms with Crippen molar-refractivity contribution in [2.24, 2.45) is 24.5 Å². The van der Waals surface area contributed by atoms with Gasteiger partial charge in [-0.2, -0.15) is 4.99 Å². The van der Waals surface area contributed by atoms with Gasteiger partial charge in [-0.05, 0) is 45.4 Å². The topological polar surface area (TPSA) is 138 Å². The highest BCUT2D eigenvalue weighted by molar-refractivity contribution is 7.07. The second-order valence-corrected chi connectivity index (χ2v) is 11.6. The van der Waals surface area contributed by atoms with Gasteiger partial charge in [-0.1, -0.05) is 11.6 Å². The van der Waals surface area contributed by atoms with Crippen LogP contribution >= 0.6 is 22.9 Å². The molecule has 0 aliphatic carbocycles. The van der Waals surface area contributed by atoms with E-state index in [9.17, 15) is 37.5 Å². The molecule has 43 heavy (non-hydrogen) atoms. The number of aliphatic carboxylic acids is 1. The Morgan fingerprint density at radius 1 is 1.16 bits per heavy atom. The largest absolute Gasteiger partial charge is 0.573 e. The average Bonchev–Trinajstić information content (AvgIpc) is 3.45. The van der Waals surface area contributed by atoms with Crippen molar-refractivity contribution in [2.45, 2.75) is 46.5 Å². The third-order valence-corrected chi connectivity index (χ3v) is 8.09. The van der Waals surface area contributed by atoms with Crippen molar-refractivity contribution in [1.29, 1.82) is 0 Å². The molecule has 4 rings (SSSR count). The Kier molecular flexibility index (Phi) is 8.53. The van der Waals surface area contributed by atoms with Crippen LogP contribution in [-0.2, 0) is 36.6 Å². The van der Waals surface area contributed by atoms with Gasteiger partial charge < -0.3 is 18.8 Å². The minimum absolute atomic E-state index is 0.0209. The maximum absolute atomic E-state index is 13.2. The van der Waals surface area contributed by atoms with Crippen LogP contribution in [0.1, 0.15) is 31.6 Å². The van der Waals surface area contributed by atoms with Gasteiger partial charge in [0.15, 0.2) is 4.80 Å². The first kappa shape index (κ1) is 31.8. The smallest absolute Gasteiger partial charge is 0.481 e. The molecule has 0 saturated heterocycles. The van der Waals surface area contributed by atoms with Crippen LogP contribution in [0.25, 0.3) is 22.4 Å². The third-order valence-electron chi connectivity index (χ3n) is 6.93. The number of furan rings is 1. The summed E-state index contributed by atoms with van der Waals surface area (Å²) in [5.74, 6) is -2.04. The number of nitrogens with zero attached hydrogens (tertiary/aromatic N) is 4. The van der Waals surface area contributed by atoms with Crippen molar-refractivity contribution in [2.75, 3.05) is 0 Å². The van der Waals surface area contributed by atoms with Crippen LogP contribution in [0.3, 0.4) is 0 Å². The standard InChI is InChI=1S/C27H26ClF3N4O7S/c1-13-15(20-21(37)33(4)25(40)34(5)22(20)41-13)11-19(36)32-24-35(9-8-26(2,3)23(38)39)17(12-43-24)14-6-7-18(16(28)10-14)42-27(29,30)31/h6-7,10,12H,8-9,11H2,1-5H3,(H,38,39). The molecule has 0 bridgehead atoms. The van der Waals surface area contributed by atoms with Crippen LogP contribution in [0.4, 0.5) is 13.2 Å². The zero-order valence-corrected chi connectivity index (χ0v) is 25.1. The van der Waals surface area contributed by atoms with E-state index < -0.39 is 40.7 Å². The molecule has 0 atom stereocenters. The Hall–Kier alpha value is -4.11. The Labute approximate surface area is 250 Å². The lowest BCUT2D eigenvalue weighted by Gasteiger charge is -2.20. The maximum Gasteiger partial charge on any atom is 0.573 e. The molecule has 0 unspecified atom stereocenters. The fourth-order valence-electron chi connectivity index (χ4n) is 4.33. The number of carboxylic acid groups (broad SMARTS) is 1. The first-order valence-corrected chi connectivity index (χ1v) is 13.9. The van der Waals surface area contributed by atoms with Gasteiger partial charge in [0.25, 0.3) is 11.5 Å². The van der Waals surface area contributed by atoms with Gasteiger partial charge in [0, 0.05) is 37.1 Å². The van der Waals surface area contributed by atoms with Gasteiger partial charge in [-0.15, -0.1) is 24.5 Å². The van der Waals surface area contributed by atoms with Gasteiger partial charge in [0.1, 0.15) is 16.9 Å². The summed E-state index contributed by atoms with van der Waals surface area (Å²) < 4.78 is 51.4. The van der Waals surface area contributed by atoms with Gasteiger partial charge in [-0.25, -0.2) is 4.79 Å². The molecule has 1 aromatic carbocycles. The van der Waals surface area contributed by atoms with Crippen LogP contribution in [0.5, 0.6) is 5.75 Å². The molecule has 4 aromatic rings. The Morgan fingerprint density at radius 3 is 2.44 bits per heavy atom. The highest BCUT2D eigenvalue weighted by Crippen LogP contribution is 2.34. The molecule has 0 aliphatic rings. The summed E-state index contributed by atoms with van der Waals surface area (Å²) in [5, 5.41) is 11.0. The molecular weight excluding hydrogens is 617 g/mol. The summed E-state index contributed by atoms with van der Waals surface area (Å²) in [6.07, 6.45) is -5.17. The third kappa shape index (κ3) is 6.46. The van der Waals surface area contributed by atoms with Crippen molar-refractivity contribution in [1.82, 2.24) is 13.7 Å². The van der Waals surface area contributed by atoms with E-state index in [1.54, 1.807) is 16.9 Å². The number of hydrogen-bond donors (Lipinski definition) is 1. The normalized spacial score (nSPS) is 12.7. The van der Waals surface area contributed by atoms with Crippen LogP contribution in [0, 0.1) is 12.3 Å². The monoisotopic (exact) mass is 642 g/mol. The predicted octanol–water partition coefficient (Wildman–Crippen LogP) is 4.39. The summed E-state index contributed by atoms with van der Waals surface area (Å²) in [7, 11) is 2.75. The number of rotatable bonds is 8. The fraction of sp³-hybridized carbons (Fsp3) is 0.370. The zero-order chi connectivity index (χ0) is 32.0. The lowest BCUT2D eigenvalue weighted by Crippen LogP contribution is -2.36. The van der Waals surface area contributed by atoms with Crippen LogP contribution in [-0.4, -0.2) is 37.0 Å². The van der Waals surface area contributed by atoms with Crippen LogP contribution in [0.15, 0.2) is 42.6 Å². The summed E-state index contributed by atoms with van der Waals surface area (Å²) in [5.41, 5.74) is -1.29. The van der Waals surface area contributed by atoms with E-state index in [4.69, 9.17) is 16.0 Å². The van der Waals surface area contributed by atoms with Crippen molar-refractivity contribution >= 4 is 45.9 Å².